The molecule has 0 unspecified atom stereocenters. The number of anilines is 1. The summed E-state index contributed by atoms with van der Waals surface area (Å²) in [5.74, 6) is -0.151. The smallest absolute Gasteiger partial charge is 0.321 e. The van der Waals surface area contributed by atoms with Gasteiger partial charge in [0.1, 0.15) is 0 Å². The number of carbonyl (C=O) groups excluding carboxylic acids is 1. The summed E-state index contributed by atoms with van der Waals surface area (Å²) < 4.78 is 44.0. The first-order valence-corrected chi connectivity index (χ1v) is 9.52. The third kappa shape index (κ3) is 4.96. The highest BCUT2D eigenvalue weighted by molar-refractivity contribution is 6.30. The third-order valence-corrected chi connectivity index (χ3v) is 4.72. The molecule has 0 bridgehead atoms. The molecule has 1 saturated carbocycles. The van der Waals surface area contributed by atoms with Gasteiger partial charge in [-0.2, -0.15) is 22.8 Å². The van der Waals surface area contributed by atoms with Crippen molar-refractivity contribution in [2.45, 2.75) is 38.8 Å². The van der Waals surface area contributed by atoms with E-state index in [9.17, 15) is 18.0 Å². The maximum absolute atomic E-state index is 13.1. The first-order valence-electron chi connectivity index (χ1n) is 9.18. The molecule has 30 heavy (non-hydrogen) atoms. The van der Waals surface area contributed by atoms with Gasteiger partial charge in [0.2, 0.25) is 0 Å². The fourth-order valence-electron chi connectivity index (χ4n) is 2.77. The maximum Gasteiger partial charge on any atom is 0.435 e. The van der Waals surface area contributed by atoms with E-state index in [1.165, 1.54) is 16.9 Å². The van der Waals surface area contributed by atoms with E-state index >= 15 is 0 Å². The summed E-state index contributed by atoms with van der Waals surface area (Å²) in [6, 6.07) is 4.13. The fourth-order valence-corrected chi connectivity index (χ4v) is 2.86. The van der Waals surface area contributed by atoms with E-state index in [-0.39, 0.29) is 17.3 Å². The number of allylic oxidation sites excluding steroid dienone is 3. The largest absolute Gasteiger partial charge is 0.435 e. The summed E-state index contributed by atoms with van der Waals surface area (Å²) in [5, 5.41) is 6.37. The second-order valence-electron chi connectivity index (χ2n) is 6.77. The molecule has 0 aliphatic heterocycles. The number of amides is 1. The van der Waals surface area contributed by atoms with Crippen LogP contribution in [0.15, 0.2) is 52.7 Å². The Hall–Kier alpha value is -2.94. The van der Waals surface area contributed by atoms with Gasteiger partial charge in [0.05, 0.1) is 23.2 Å². The molecule has 0 aromatic carbocycles. The number of halogens is 4. The Labute approximate surface area is 176 Å². The Morgan fingerprint density at radius 3 is 2.63 bits per heavy atom. The Balaban J connectivity index is 1.84. The van der Waals surface area contributed by atoms with Crippen molar-refractivity contribution < 1.29 is 18.0 Å². The second-order valence-corrected chi connectivity index (χ2v) is 6.94. The lowest BCUT2D eigenvalue weighted by Crippen LogP contribution is -2.19. The van der Waals surface area contributed by atoms with Crippen LogP contribution < -0.4 is 5.32 Å². The molecule has 158 valence electrons. The molecule has 0 atom stereocenters. The third-order valence-electron chi connectivity index (χ3n) is 4.46. The second kappa shape index (κ2) is 8.83. The van der Waals surface area contributed by atoms with Crippen LogP contribution in [0.4, 0.5) is 18.9 Å². The standard InChI is InChI=1S/C20H19ClF3N5O/c1-3-4-5-15(12(2)27-21)19(30)26-14-8-9-18(25-11-14)29-16(13-6-7-13)10-17(28-29)20(22,23)24/h3-5,8-11,13H,6-7H2,1-2H3,(H,26,30)/b4-3-,15-5+,27-12?. The van der Waals surface area contributed by atoms with Crippen molar-refractivity contribution >= 4 is 29.1 Å². The van der Waals surface area contributed by atoms with Gasteiger partial charge in [-0.15, -0.1) is 0 Å². The molecule has 1 amide bonds. The molecule has 0 saturated heterocycles. The molecule has 1 N–H and O–H groups in total. The van der Waals surface area contributed by atoms with Crippen LogP contribution in [0, 0.1) is 0 Å². The molecule has 2 heterocycles. The minimum absolute atomic E-state index is 0.0481. The van der Waals surface area contributed by atoms with Crippen LogP contribution in [0.25, 0.3) is 5.82 Å². The zero-order valence-electron chi connectivity index (χ0n) is 16.2. The summed E-state index contributed by atoms with van der Waals surface area (Å²) in [6.07, 6.45) is 3.47. The number of aromatic nitrogens is 3. The van der Waals surface area contributed by atoms with Gasteiger partial charge in [-0.3, -0.25) is 4.79 Å². The molecule has 6 nitrogen and oxygen atoms in total. The van der Waals surface area contributed by atoms with Crippen LogP contribution in [-0.4, -0.2) is 26.4 Å². The molecular formula is C20H19ClF3N5O. The Bertz CT molecular complexity index is 1020. The number of nitrogens with one attached hydrogen (secondary N) is 1. The predicted octanol–water partition coefficient (Wildman–Crippen LogP) is 5.22. The molecule has 2 aromatic rings. The van der Waals surface area contributed by atoms with Crippen LogP contribution in [-0.2, 0) is 11.0 Å². The van der Waals surface area contributed by atoms with E-state index in [4.69, 9.17) is 11.8 Å². The SMILES string of the molecule is C/C=C\C=C(\C(=O)Nc1ccc(-n2nc(C(F)(F)F)cc2C2CC2)nc1)C(C)=NCl. The van der Waals surface area contributed by atoms with Crippen molar-refractivity contribution in [3.05, 3.63) is 59.6 Å². The molecular weight excluding hydrogens is 419 g/mol. The summed E-state index contributed by atoms with van der Waals surface area (Å²) in [7, 11) is 0. The Morgan fingerprint density at radius 1 is 1.37 bits per heavy atom. The van der Waals surface area contributed by atoms with Crippen LogP contribution in [0.1, 0.15) is 44.0 Å². The normalized spacial score (nSPS) is 15.7. The van der Waals surface area contributed by atoms with E-state index in [0.29, 0.717) is 17.1 Å². The van der Waals surface area contributed by atoms with Crippen molar-refractivity contribution in [3.8, 4) is 5.82 Å². The summed E-state index contributed by atoms with van der Waals surface area (Å²) in [4.78, 5) is 16.7. The van der Waals surface area contributed by atoms with Gasteiger partial charge in [-0.1, -0.05) is 12.2 Å². The Morgan fingerprint density at radius 2 is 2.10 bits per heavy atom. The number of rotatable bonds is 6. The van der Waals surface area contributed by atoms with E-state index in [1.54, 1.807) is 38.1 Å². The quantitative estimate of drug-likeness (QED) is 0.382. The highest BCUT2D eigenvalue weighted by Crippen LogP contribution is 2.42. The molecule has 1 aliphatic carbocycles. The summed E-state index contributed by atoms with van der Waals surface area (Å²) in [6.45, 7) is 3.40. The number of pyridine rings is 1. The van der Waals surface area contributed by atoms with Gasteiger partial charge < -0.3 is 5.32 Å². The average Bonchev–Trinajstić information content (AvgIpc) is 3.45. The fraction of sp³-hybridized carbons (Fsp3) is 0.300. The zero-order chi connectivity index (χ0) is 21.9. The average molecular weight is 438 g/mol. The molecule has 10 heteroatoms. The van der Waals surface area contributed by atoms with Gasteiger partial charge in [0.15, 0.2) is 11.5 Å². The van der Waals surface area contributed by atoms with Gasteiger partial charge >= 0.3 is 6.18 Å². The number of carbonyl (C=O) groups is 1. The van der Waals surface area contributed by atoms with Crippen LogP contribution in [0.3, 0.4) is 0 Å². The van der Waals surface area contributed by atoms with Crippen molar-refractivity contribution in [1.82, 2.24) is 14.8 Å². The molecule has 2 aromatic heterocycles. The lowest BCUT2D eigenvalue weighted by atomic mass is 10.1. The van der Waals surface area contributed by atoms with Crippen molar-refractivity contribution in [1.29, 1.82) is 0 Å². The lowest BCUT2D eigenvalue weighted by molar-refractivity contribution is -0.141. The zero-order valence-corrected chi connectivity index (χ0v) is 17.0. The molecule has 1 aliphatic rings. The number of alkyl halides is 3. The Kier molecular flexibility index (Phi) is 6.40. The molecule has 0 radical (unpaired) electrons. The van der Waals surface area contributed by atoms with Crippen LogP contribution in [0.5, 0.6) is 0 Å². The van der Waals surface area contributed by atoms with E-state index < -0.39 is 17.8 Å². The van der Waals surface area contributed by atoms with E-state index in [0.717, 1.165) is 18.9 Å². The summed E-state index contributed by atoms with van der Waals surface area (Å²) in [5.41, 5.74) is 0.510. The van der Waals surface area contributed by atoms with Gasteiger partial charge in [0, 0.05) is 23.4 Å². The predicted molar refractivity (Wildman–Crippen MR) is 109 cm³/mol. The van der Waals surface area contributed by atoms with Gasteiger partial charge in [-0.05, 0) is 51.0 Å². The van der Waals surface area contributed by atoms with Gasteiger partial charge in [-0.25, -0.2) is 9.67 Å². The number of hydrogen-bond donors (Lipinski definition) is 1. The molecule has 3 rings (SSSR count). The topological polar surface area (TPSA) is 72.2 Å². The minimum Gasteiger partial charge on any atom is -0.321 e. The first-order chi connectivity index (χ1) is 14.2. The first kappa shape index (κ1) is 21.8. The van der Waals surface area contributed by atoms with Gasteiger partial charge in [0.25, 0.3) is 5.91 Å². The van der Waals surface area contributed by atoms with Crippen molar-refractivity contribution in [2.24, 2.45) is 4.51 Å². The van der Waals surface area contributed by atoms with Crippen LogP contribution in [0.2, 0.25) is 0 Å². The monoisotopic (exact) mass is 437 g/mol. The van der Waals surface area contributed by atoms with E-state index in [2.05, 4.69) is 19.9 Å². The molecule has 1 fully saturated rings. The van der Waals surface area contributed by atoms with Crippen LogP contribution >= 0.6 is 11.8 Å². The highest BCUT2D eigenvalue weighted by atomic mass is 35.5. The van der Waals surface area contributed by atoms with E-state index in [1.807, 2.05) is 0 Å². The van der Waals surface area contributed by atoms with Crippen molar-refractivity contribution in [3.63, 3.8) is 0 Å². The highest BCUT2D eigenvalue weighted by Gasteiger charge is 2.38. The molecule has 0 spiro atoms. The summed E-state index contributed by atoms with van der Waals surface area (Å²) >= 11 is 5.48. The lowest BCUT2D eigenvalue weighted by Gasteiger charge is -2.09. The number of nitrogens with zero attached hydrogens (tertiary/aromatic N) is 4. The minimum atomic E-state index is -4.53. The maximum atomic E-state index is 13.1. The van der Waals surface area contributed by atoms with Crippen molar-refractivity contribution in [2.75, 3.05) is 5.32 Å². The number of hydrogen-bond acceptors (Lipinski definition) is 4.